The Balaban J connectivity index is 2.35. The second-order valence-electron chi connectivity index (χ2n) is 10.8. The van der Waals surface area contributed by atoms with Gasteiger partial charge in [0, 0.05) is 16.1 Å². The highest BCUT2D eigenvalue weighted by Crippen LogP contribution is 2.57. The first-order valence-corrected chi connectivity index (χ1v) is 13.1. The summed E-state index contributed by atoms with van der Waals surface area (Å²) in [6.45, 7) is 16.4. The first kappa shape index (κ1) is 23.1. The van der Waals surface area contributed by atoms with Crippen molar-refractivity contribution in [2.24, 2.45) is 5.92 Å². The van der Waals surface area contributed by atoms with Crippen LogP contribution in [0.5, 0.6) is 0 Å². The van der Waals surface area contributed by atoms with Crippen molar-refractivity contribution >= 4 is 31.9 Å². The summed E-state index contributed by atoms with van der Waals surface area (Å²) in [5, 5.41) is 2.05. The molecule has 158 valence electrons. The van der Waals surface area contributed by atoms with Crippen molar-refractivity contribution in [3.63, 3.8) is 0 Å². The lowest BCUT2D eigenvalue weighted by Crippen LogP contribution is -2.35. The molecular weight excluding hydrogens is 484 g/mol. The van der Waals surface area contributed by atoms with E-state index in [1.807, 2.05) is 0 Å². The topological polar surface area (TPSA) is 0 Å². The molecule has 0 fully saturated rings. The van der Waals surface area contributed by atoms with E-state index in [-0.39, 0.29) is 16.2 Å². The lowest BCUT2D eigenvalue weighted by molar-refractivity contribution is 0.335. The van der Waals surface area contributed by atoms with Crippen molar-refractivity contribution in [3.05, 3.63) is 58.7 Å². The number of alkyl halides is 2. The Morgan fingerprint density at radius 2 is 1.21 bits per heavy atom. The second-order valence-corrected chi connectivity index (χ2v) is 12.4. The van der Waals surface area contributed by atoms with Crippen LogP contribution in [0.3, 0.4) is 0 Å². The molecule has 2 aromatic rings. The Kier molecular flexibility index (Phi) is 6.49. The van der Waals surface area contributed by atoms with Gasteiger partial charge in [-0.2, -0.15) is 0 Å². The molecule has 0 saturated heterocycles. The molecule has 0 heterocycles. The molecule has 0 N–H and O–H groups in total. The van der Waals surface area contributed by atoms with Crippen molar-refractivity contribution in [2.75, 3.05) is 10.7 Å². The average Bonchev–Trinajstić information content (AvgIpc) is 2.91. The molecule has 0 aromatic heterocycles. The van der Waals surface area contributed by atoms with Gasteiger partial charge in [-0.05, 0) is 63.0 Å². The van der Waals surface area contributed by atoms with Gasteiger partial charge in [-0.15, -0.1) is 0 Å². The molecule has 3 rings (SSSR count). The second kappa shape index (κ2) is 8.15. The molecule has 0 aliphatic heterocycles. The Hall–Kier alpha value is -0.600. The van der Waals surface area contributed by atoms with Gasteiger partial charge in [0.05, 0.1) is 0 Å². The zero-order valence-electron chi connectivity index (χ0n) is 19.1. The summed E-state index contributed by atoms with van der Waals surface area (Å²) in [5.74, 6) is 0.560. The number of fused-ring (bicyclic) bond motifs is 3. The lowest BCUT2D eigenvalue weighted by Gasteiger charge is -2.39. The highest BCUT2D eigenvalue weighted by Gasteiger charge is 2.46. The highest BCUT2D eigenvalue weighted by molar-refractivity contribution is 9.09. The monoisotopic (exact) mass is 518 g/mol. The summed E-state index contributed by atoms with van der Waals surface area (Å²) in [7, 11) is 0. The SMILES string of the molecule is CC(CCBr)C1(CCBr)c2cc(C(C)(C)C)ccc2-c2ccc(C(C)(C)C)cc21. The van der Waals surface area contributed by atoms with Crippen molar-refractivity contribution in [1.82, 2.24) is 0 Å². The molecule has 0 nitrogen and oxygen atoms in total. The molecule has 1 unspecified atom stereocenters. The maximum absolute atomic E-state index is 3.82. The maximum Gasteiger partial charge on any atom is 0.0249 e. The third-order valence-corrected chi connectivity index (χ3v) is 7.75. The van der Waals surface area contributed by atoms with E-state index in [1.54, 1.807) is 11.1 Å². The number of hydrogen-bond donors (Lipinski definition) is 0. The average molecular weight is 520 g/mol. The van der Waals surface area contributed by atoms with Gasteiger partial charge < -0.3 is 0 Å². The lowest BCUT2D eigenvalue weighted by atomic mass is 9.65. The molecule has 1 aliphatic rings. The van der Waals surface area contributed by atoms with Crippen molar-refractivity contribution in [3.8, 4) is 11.1 Å². The van der Waals surface area contributed by atoms with E-state index in [4.69, 9.17) is 0 Å². The van der Waals surface area contributed by atoms with Crippen LogP contribution in [0.25, 0.3) is 11.1 Å². The number of halogens is 2. The fraction of sp³-hybridized carbons (Fsp3) is 0.556. The van der Waals surface area contributed by atoms with E-state index in [0.717, 1.165) is 17.1 Å². The van der Waals surface area contributed by atoms with Crippen LogP contribution in [-0.2, 0) is 16.2 Å². The first-order valence-electron chi connectivity index (χ1n) is 10.9. The minimum Gasteiger partial charge on any atom is -0.0928 e. The van der Waals surface area contributed by atoms with Crippen molar-refractivity contribution in [1.29, 1.82) is 0 Å². The van der Waals surface area contributed by atoms with Crippen LogP contribution in [0.4, 0.5) is 0 Å². The molecule has 1 atom stereocenters. The zero-order chi connectivity index (χ0) is 21.6. The van der Waals surface area contributed by atoms with Crippen LogP contribution >= 0.6 is 31.9 Å². The standard InChI is InChI=1S/C27H36Br2/c1-18(12-14-28)27(13-15-29)23-16-19(25(2,3)4)8-10-21(23)22-11-9-20(17-24(22)27)26(5,6)7/h8-11,16-18H,12-15H2,1-7H3. The summed E-state index contributed by atoms with van der Waals surface area (Å²) in [6, 6.07) is 14.5. The third kappa shape index (κ3) is 4.01. The van der Waals surface area contributed by atoms with E-state index in [2.05, 4.69) is 117 Å². The van der Waals surface area contributed by atoms with Gasteiger partial charge in [-0.25, -0.2) is 0 Å². The van der Waals surface area contributed by atoms with E-state index in [1.165, 1.54) is 28.7 Å². The minimum atomic E-state index is 0.0600. The summed E-state index contributed by atoms with van der Waals surface area (Å²) in [6.07, 6.45) is 2.30. The molecule has 29 heavy (non-hydrogen) atoms. The smallest absolute Gasteiger partial charge is 0.0249 e. The Bertz CT molecular complexity index is 817. The molecule has 2 aromatic carbocycles. The van der Waals surface area contributed by atoms with Gasteiger partial charge in [0.1, 0.15) is 0 Å². The molecule has 0 bridgehead atoms. The fourth-order valence-corrected chi connectivity index (χ4v) is 6.29. The quantitative estimate of drug-likeness (QED) is 0.346. The maximum atomic E-state index is 3.82. The summed E-state index contributed by atoms with van der Waals surface area (Å²) >= 11 is 7.56. The highest BCUT2D eigenvalue weighted by atomic mass is 79.9. The zero-order valence-corrected chi connectivity index (χ0v) is 22.3. The van der Waals surface area contributed by atoms with Gasteiger partial charge in [0.25, 0.3) is 0 Å². The van der Waals surface area contributed by atoms with Crippen LogP contribution in [0.2, 0.25) is 0 Å². The molecule has 1 aliphatic carbocycles. The Morgan fingerprint density at radius 3 is 1.55 bits per heavy atom. The summed E-state index contributed by atoms with van der Waals surface area (Å²) in [4.78, 5) is 0. The van der Waals surface area contributed by atoms with E-state index in [0.29, 0.717) is 5.92 Å². The van der Waals surface area contributed by atoms with Crippen molar-refractivity contribution in [2.45, 2.75) is 77.6 Å². The first-order chi connectivity index (χ1) is 13.5. The van der Waals surface area contributed by atoms with Gasteiger partial charge in [0.2, 0.25) is 0 Å². The van der Waals surface area contributed by atoms with E-state index >= 15 is 0 Å². The Morgan fingerprint density at radius 1 is 0.759 bits per heavy atom. The summed E-state index contributed by atoms with van der Waals surface area (Å²) < 4.78 is 0. The molecule has 0 amide bonds. The predicted octanol–water partition coefficient (Wildman–Crippen LogP) is 8.75. The van der Waals surface area contributed by atoms with Gasteiger partial charge in [-0.3, -0.25) is 0 Å². The summed E-state index contributed by atoms with van der Waals surface area (Å²) in [5.41, 5.74) is 9.20. The van der Waals surface area contributed by atoms with Crippen LogP contribution in [-0.4, -0.2) is 10.7 Å². The molecule has 2 heteroatoms. The van der Waals surface area contributed by atoms with Gasteiger partial charge in [0.15, 0.2) is 0 Å². The third-order valence-electron chi connectivity index (χ3n) is 6.89. The van der Waals surface area contributed by atoms with Crippen LogP contribution in [0.1, 0.15) is 83.6 Å². The largest absolute Gasteiger partial charge is 0.0928 e. The normalized spacial score (nSPS) is 16.4. The minimum absolute atomic E-state index is 0.0600. The van der Waals surface area contributed by atoms with Crippen LogP contribution in [0, 0.1) is 5.92 Å². The number of hydrogen-bond acceptors (Lipinski definition) is 0. The molecule has 0 spiro atoms. The number of rotatable bonds is 5. The molecule has 0 saturated carbocycles. The van der Waals surface area contributed by atoms with Crippen LogP contribution in [0.15, 0.2) is 36.4 Å². The van der Waals surface area contributed by atoms with E-state index in [9.17, 15) is 0 Å². The number of benzene rings is 2. The fourth-order valence-electron chi connectivity index (χ4n) is 4.98. The van der Waals surface area contributed by atoms with Crippen LogP contribution < -0.4 is 0 Å². The Labute approximate surface area is 195 Å². The van der Waals surface area contributed by atoms with Gasteiger partial charge >= 0.3 is 0 Å². The molecular formula is C27H36Br2. The van der Waals surface area contributed by atoms with Crippen molar-refractivity contribution < 1.29 is 0 Å². The molecule has 0 radical (unpaired) electrons. The predicted molar refractivity (Wildman–Crippen MR) is 136 cm³/mol. The van der Waals surface area contributed by atoms with Gasteiger partial charge in [-0.1, -0.05) is 117 Å². The van der Waals surface area contributed by atoms with E-state index < -0.39 is 0 Å².